The zero-order valence-electron chi connectivity index (χ0n) is 5.12. The lowest BCUT2D eigenvalue weighted by Gasteiger charge is -2.00. The van der Waals surface area contributed by atoms with Gasteiger partial charge in [0.1, 0.15) is 6.10 Å². The van der Waals surface area contributed by atoms with Gasteiger partial charge in [0.25, 0.3) is 0 Å². The number of hydrogen-bond donors (Lipinski definition) is 2. The molecule has 1 rings (SSSR count). The molecule has 0 aliphatic rings. The highest BCUT2D eigenvalue weighted by molar-refractivity contribution is 9.10. The van der Waals surface area contributed by atoms with Gasteiger partial charge in [-0.2, -0.15) is 0 Å². The molecule has 1 atom stereocenters. The van der Waals surface area contributed by atoms with Crippen LogP contribution in [0.15, 0.2) is 15.9 Å². The maximum atomic E-state index is 9.08. The Labute approximate surface area is 71.3 Å². The van der Waals surface area contributed by atoms with E-state index in [0.29, 0.717) is 0 Å². The molecule has 0 unspecified atom stereocenters. The monoisotopic (exact) mass is 222 g/mol. The summed E-state index contributed by atoms with van der Waals surface area (Å²) in [6.07, 6.45) is -0.726. The van der Waals surface area contributed by atoms with Gasteiger partial charge in [-0.3, -0.25) is 0 Å². The maximum absolute atomic E-state index is 9.08. The summed E-state index contributed by atoms with van der Waals surface area (Å²) in [6.45, 7) is -0.215. The van der Waals surface area contributed by atoms with Gasteiger partial charge in [0, 0.05) is 14.7 Å². The van der Waals surface area contributed by atoms with Crippen LogP contribution >= 0.6 is 27.3 Å². The fraction of sp³-hybridized carbons (Fsp3) is 0.333. The van der Waals surface area contributed by atoms with E-state index in [4.69, 9.17) is 10.2 Å². The molecule has 0 aromatic carbocycles. The third-order valence-electron chi connectivity index (χ3n) is 1.09. The van der Waals surface area contributed by atoms with Crippen molar-refractivity contribution in [3.8, 4) is 0 Å². The van der Waals surface area contributed by atoms with Gasteiger partial charge in [0.15, 0.2) is 0 Å². The lowest BCUT2D eigenvalue weighted by molar-refractivity contribution is 0.0983. The molecule has 0 saturated heterocycles. The van der Waals surface area contributed by atoms with Gasteiger partial charge in [-0.15, -0.1) is 11.3 Å². The average molecular weight is 223 g/mol. The summed E-state index contributed by atoms with van der Waals surface area (Å²) in [5.74, 6) is 0. The highest BCUT2D eigenvalue weighted by atomic mass is 79.9. The number of rotatable bonds is 2. The smallest absolute Gasteiger partial charge is 0.111 e. The van der Waals surface area contributed by atoms with Crippen molar-refractivity contribution < 1.29 is 10.2 Å². The van der Waals surface area contributed by atoms with Crippen molar-refractivity contribution >= 4 is 27.3 Å². The molecule has 0 spiro atoms. The van der Waals surface area contributed by atoms with Gasteiger partial charge in [-0.1, -0.05) is 0 Å². The second-order valence-electron chi connectivity index (χ2n) is 1.87. The molecule has 0 aliphatic heterocycles. The molecule has 0 saturated carbocycles. The van der Waals surface area contributed by atoms with Crippen LogP contribution in [0.3, 0.4) is 0 Å². The summed E-state index contributed by atoms with van der Waals surface area (Å²) < 4.78 is 0.944. The van der Waals surface area contributed by atoms with Crippen molar-refractivity contribution in [2.24, 2.45) is 0 Å². The second-order valence-corrected chi connectivity index (χ2v) is 3.72. The van der Waals surface area contributed by atoms with Gasteiger partial charge in [0.05, 0.1) is 6.61 Å². The van der Waals surface area contributed by atoms with Crippen LogP contribution in [0.25, 0.3) is 0 Å². The summed E-state index contributed by atoms with van der Waals surface area (Å²) in [5, 5.41) is 19.5. The Morgan fingerprint density at radius 1 is 1.70 bits per heavy atom. The molecule has 0 amide bonds. The normalized spacial score (nSPS) is 13.5. The quantitative estimate of drug-likeness (QED) is 0.798. The fourth-order valence-corrected chi connectivity index (χ4v) is 2.01. The zero-order chi connectivity index (χ0) is 7.56. The van der Waals surface area contributed by atoms with E-state index in [1.165, 1.54) is 11.3 Å². The summed E-state index contributed by atoms with van der Waals surface area (Å²) >= 11 is 4.67. The molecule has 4 heteroatoms. The minimum atomic E-state index is -0.726. The van der Waals surface area contributed by atoms with Gasteiger partial charge in [0.2, 0.25) is 0 Å². The minimum absolute atomic E-state index is 0.215. The SMILES string of the molecule is OC[C@@H](O)c1cc(Br)cs1. The van der Waals surface area contributed by atoms with E-state index in [0.717, 1.165) is 9.35 Å². The molecule has 1 aromatic rings. The number of aliphatic hydroxyl groups excluding tert-OH is 2. The van der Waals surface area contributed by atoms with Crippen LogP contribution in [0.5, 0.6) is 0 Å². The van der Waals surface area contributed by atoms with E-state index in [1.54, 1.807) is 6.07 Å². The van der Waals surface area contributed by atoms with Crippen LogP contribution in [0.1, 0.15) is 11.0 Å². The Hall–Kier alpha value is 0.1000. The predicted octanol–water partition coefficient (Wildman–Crippen LogP) is 1.54. The molecular weight excluding hydrogens is 216 g/mol. The van der Waals surface area contributed by atoms with Gasteiger partial charge in [-0.05, 0) is 22.0 Å². The van der Waals surface area contributed by atoms with E-state index >= 15 is 0 Å². The van der Waals surface area contributed by atoms with Crippen molar-refractivity contribution in [3.05, 3.63) is 20.8 Å². The van der Waals surface area contributed by atoms with Crippen LogP contribution in [0.2, 0.25) is 0 Å². The molecular formula is C6H7BrO2S. The Kier molecular flexibility index (Phi) is 2.85. The van der Waals surface area contributed by atoms with Crippen LogP contribution in [-0.2, 0) is 0 Å². The van der Waals surface area contributed by atoms with E-state index < -0.39 is 6.10 Å². The minimum Gasteiger partial charge on any atom is -0.393 e. The Morgan fingerprint density at radius 3 is 2.80 bits per heavy atom. The van der Waals surface area contributed by atoms with Gasteiger partial charge >= 0.3 is 0 Å². The molecule has 2 nitrogen and oxygen atoms in total. The summed E-state index contributed by atoms with van der Waals surface area (Å²) in [5.41, 5.74) is 0. The van der Waals surface area contributed by atoms with Crippen molar-refractivity contribution in [2.45, 2.75) is 6.10 Å². The second kappa shape index (κ2) is 3.48. The summed E-state index contributed by atoms with van der Waals surface area (Å²) in [4.78, 5) is 0.786. The Morgan fingerprint density at radius 2 is 2.40 bits per heavy atom. The maximum Gasteiger partial charge on any atom is 0.111 e. The van der Waals surface area contributed by atoms with Gasteiger partial charge < -0.3 is 10.2 Å². The van der Waals surface area contributed by atoms with Crippen molar-refractivity contribution in [2.75, 3.05) is 6.61 Å². The van der Waals surface area contributed by atoms with Crippen molar-refractivity contribution in [1.82, 2.24) is 0 Å². The Bertz CT molecular complexity index is 211. The third kappa shape index (κ3) is 1.79. The van der Waals surface area contributed by atoms with Crippen LogP contribution in [-0.4, -0.2) is 16.8 Å². The fourth-order valence-electron chi connectivity index (χ4n) is 0.593. The summed E-state index contributed by atoms with van der Waals surface area (Å²) in [7, 11) is 0. The molecule has 1 heterocycles. The van der Waals surface area contributed by atoms with E-state index in [-0.39, 0.29) is 6.61 Å². The lowest BCUT2D eigenvalue weighted by atomic mass is 10.3. The van der Waals surface area contributed by atoms with E-state index in [1.807, 2.05) is 5.38 Å². The highest BCUT2D eigenvalue weighted by Crippen LogP contribution is 2.24. The van der Waals surface area contributed by atoms with E-state index in [2.05, 4.69) is 15.9 Å². The van der Waals surface area contributed by atoms with E-state index in [9.17, 15) is 0 Å². The molecule has 0 aliphatic carbocycles. The van der Waals surface area contributed by atoms with Crippen LogP contribution < -0.4 is 0 Å². The first kappa shape index (κ1) is 8.20. The van der Waals surface area contributed by atoms with Crippen LogP contribution in [0, 0.1) is 0 Å². The van der Waals surface area contributed by atoms with Crippen molar-refractivity contribution in [1.29, 1.82) is 0 Å². The van der Waals surface area contributed by atoms with Crippen LogP contribution in [0.4, 0.5) is 0 Å². The largest absolute Gasteiger partial charge is 0.393 e. The molecule has 1 aromatic heterocycles. The molecule has 2 N–H and O–H groups in total. The first-order chi connectivity index (χ1) is 4.74. The Balaban J connectivity index is 2.74. The predicted molar refractivity (Wildman–Crippen MR) is 44.1 cm³/mol. The first-order valence-electron chi connectivity index (χ1n) is 2.77. The molecule has 0 fully saturated rings. The number of thiophene rings is 1. The number of hydrogen-bond acceptors (Lipinski definition) is 3. The standard InChI is InChI=1S/C6H7BrO2S/c7-4-1-6(10-3-4)5(9)2-8/h1,3,5,8-9H,2H2/t5-/m1/s1. The lowest BCUT2D eigenvalue weighted by Crippen LogP contribution is -1.98. The average Bonchev–Trinajstić information content (AvgIpc) is 2.34. The summed E-state index contributed by atoms with van der Waals surface area (Å²) in [6, 6.07) is 1.80. The molecule has 10 heavy (non-hydrogen) atoms. The topological polar surface area (TPSA) is 40.5 Å². The third-order valence-corrected chi connectivity index (χ3v) is 2.88. The molecule has 0 radical (unpaired) electrons. The van der Waals surface area contributed by atoms with Gasteiger partial charge in [-0.25, -0.2) is 0 Å². The van der Waals surface area contributed by atoms with Crippen molar-refractivity contribution in [3.63, 3.8) is 0 Å². The highest BCUT2D eigenvalue weighted by Gasteiger charge is 2.06. The number of aliphatic hydroxyl groups is 2. The molecule has 56 valence electrons. The number of halogens is 1. The first-order valence-corrected chi connectivity index (χ1v) is 4.44. The zero-order valence-corrected chi connectivity index (χ0v) is 7.52. The molecule has 0 bridgehead atoms.